The first-order valence-electron chi connectivity index (χ1n) is 4.74. The van der Waals surface area contributed by atoms with Gasteiger partial charge in [-0.1, -0.05) is 0 Å². The lowest BCUT2D eigenvalue weighted by atomic mass is 10.1. The Morgan fingerprint density at radius 2 is 2.29 bits per heavy atom. The summed E-state index contributed by atoms with van der Waals surface area (Å²) in [5.41, 5.74) is -1.30. The van der Waals surface area contributed by atoms with Gasteiger partial charge in [-0.2, -0.15) is 0 Å². The van der Waals surface area contributed by atoms with Gasteiger partial charge < -0.3 is 9.84 Å². The minimum atomic E-state index is -3.01. The molecule has 0 bridgehead atoms. The van der Waals surface area contributed by atoms with Gasteiger partial charge in [0.15, 0.2) is 0 Å². The first-order chi connectivity index (χ1) is 8.02. The summed E-state index contributed by atoms with van der Waals surface area (Å²) in [5, 5.41) is 9.31. The molecule has 0 unspecified atom stereocenters. The van der Waals surface area contributed by atoms with Crippen LogP contribution in [0.15, 0.2) is 6.20 Å². The van der Waals surface area contributed by atoms with Crippen molar-refractivity contribution in [1.82, 2.24) is 4.98 Å². The average Bonchev–Trinajstić information content (AvgIpc) is 2.28. The number of nitrogens with zero attached hydrogens (tertiary/aromatic N) is 1. The molecule has 1 N–H and O–H groups in total. The van der Waals surface area contributed by atoms with Crippen molar-refractivity contribution in [3.05, 3.63) is 23.0 Å². The molecular weight excluding hydrogens is 256 g/mol. The molecule has 0 spiro atoms. The summed E-state index contributed by atoms with van der Waals surface area (Å²) in [5.74, 6) is -1.95. The smallest absolute Gasteiger partial charge is 0.340 e. The van der Waals surface area contributed by atoms with Gasteiger partial charge in [-0.15, -0.1) is 11.6 Å². The number of aromatic nitrogens is 1. The lowest BCUT2D eigenvalue weighted by Gasteiger charge is -2.12. The van der Waals surface area contributed by atoms with Crippen molar-refractivity contribution in [3.8, 4) is 5.75 Å². The maximum absolute atomic E-state index is 12.8. The lowest BCUT2D eigenvalue weighted by Crippen LogP contribution is -2.13. The first kappa shape index (κ1) is 13.6. The van der Waals surface area contributed by atoms with Crippen LogP contribution in [0.2, 0.25) is 0 Å². The molecular formula is C10H10ClF2NO3. The van der Waals surface area contributed by atoms with Crippen molar-refractivity contribution >= 4 is 17.6 Å². The summed E-state index contributed by atoms with van der Waals surface area (Å²) in [4.78, 5) is 15.2. The Balaban J connectivity index is 3.40. The molecule has 94 valence electrons. The number of ether oxygens (including phenoxy) is 1. The van der Waals surface area contributed by atoms with Gasteiger partial charge in [0, 0.05) is 0 Å². The van der Waals surface area contributed by atoms with Crippen LogP contribution >= 0.6 is 11.6 Å². The zero-order valence-electron chi connectivity index (χ0n) is 8.91. The van der Waals surface area contributed by atoms with Gasteiger partial charge in [0.1, 0.15) is 5.75 Å². The van der Waals surface area contributed by atoms with Crippen LogP contribution in [0.25, 0.3) is 0 Å². The van der Waals surface area contributed by atoms with Crippen molar-refractivity contribution in [2.24, 2.45) is 0 Å². The molecule has 0 fully saturated rings. The molecule has 1 rings (SSSR count). The highest BCUT2D eigenvalue weighted by Crippen LogP contribution is 2.33. The normalized spacial score (nSPS) is 10.6. The molecule has 1 heterocycles. The third-order valence-corrected chi connectivity index (χ3v) is 2.25. The van der Waals surface area contributed by atoms with E-state index in [9.17, 15) is 18.7 Å². The van der Waals surface area contributed by atoms with Gasteiger partial charge in [-0.3, -0.25) is 4.98 Å². The second-order valence-corrected chi connectivity index (χ2v) is 3.30. The first-order valence-corrected chi connectivity index (χ1v) is 5.28. The second-order valence-electron chi connectivity index (χ2n) is 3.03. The van der Waals surface area contributed by atoms with Crippen molar-refractivity contribution in [3.63, 3.8) is 0 Å². The predicted octanol–water partition coefficient (Wildman–Crippen LogP) is 2.64. The predicted molar refractivity (Wildman–Crippen MR) is 56.4 cm³/mol. The molecule has 1 aromatic rings. The maximum Gasteiger partial charge on any atom is 0.340 e. The number of hydrogen-bond acceptors (Lipinski definition) is 4. The van der Waals surface area contributed by atoms with Crippen molar-refractivity contribution in [2.45, 2.75) is 19.2 Å². The fraction of sp³-hybridized carbons (Fsp3) is 0.400. The van der Waals surface area contributed by atoms with E-state index in [0.717, 1.165) is 6.20 Å². The molecule has 0 aliphatic rings. The van der Waals surface area contributed by atoms with Gasteiger partial charge in [0.2, 0.25) is 0 Å². The van der Waals surface area contributed by atoms with Gasteiger partial charge >= 0.3 is 5.97 Å². The third-order valence-electron chi connectivity index (χ3n) is 2.00. The van der Waals surface area contributed by atoms with E-state index in [2.05, 4.69) is 9.72 Å². The quantitative estimate of drug-likeness (QED) is 0.672. The highest BCUT2D eigenvalue weighted by atomic mass is 35.5. The van der Waals surface area contributed by atoms with Gasteiger partial charge in [0.05, 0.1) is 35.5 Å². The summed E-state index contributed by atoms with van der Waals surface area (Å²) in [6.07, 6.45) is -2.18. The van der Waals surface area contributed by atoms with E-state index in [0.29, 0.717) is 0 Å². The average molecular weight is 266 g/mol. The van der Waals surface area contributed by atoms with E-state index in [1.165, 1.54) is 6.92 Å². The number of esters is 1. The number of carbonyl (C=O) groups excluding carboxylic acids is 1. The van der Waals surface area contributed by atoms with Crippen LogP contribution in [-0.2, 0) is 10.6 Å². The van der Waals surface area contributed by atoms with Gasteiger partial charge in [-0.25, -0.2) is 13.6 Å². The fourth-order valence-corrected chi connectivity index (χ4v) is 1.51. The zero-order chi connectivity index (χ0) is 13.0. The molecule has 1 aromatic heterocycles. The van der Waals surface area contributed by atoms with E-state index < -0.39 is 29.3 Å². The third kappa shape index (κ3) is 2.82. The highest BCUT2D eigenvalue weighted by Gasteiger charge is 2.27. The standard InChI is InChI=1S/C10H10ClF2NO3/c1-2-17-10(16)7-5(3-11)14-4-6(15)8(7)9(12)13/h4,9,15H,2-3H2,1H3. The molecule has 0 radical (unpaired) electrons. The Morgan fingerprint density at radius 1 is 1.65 bits per heavy atom. The Kier molecular flexibility index (Phi) is 4.62. The van der Waals surface area contributed by atoms with E-state index >= 15 is 0 Å². The van der Waals surface area contributed by atoms with Gasteiger partial charge in [0.25, 0.3) is 6.43 Å². The highest BCUT2D eigenvalue weighted by molar-refractivity contribution is 6.17. The number of carbonyl (C=O) groups is 1. The lowest BCUT2D eigenvalue weighted by molar-refractivity contribution is 0.0512. The van der Waals surface area contributed by atoms with Crippen LogP contribution in [0.5, 0.6) is 5.75 Å². The van der Waals surface area contributed by atoms with Crippen LogP contribution in [0, 0.1) is 0 Å². The maximum atomic E-state index is 12.8. The molecule has 7 heteroatoms. The number of halogens is 3. The number of pyridine rings is 1. The van der Waals surface area contributed by atoms with Crippen LogP contribution < -0.4 is 0 Å². The minimum Gasteiger partial charge on any atom is -0.506 e. The molecule has 0 saturated heterocycles. The summed E-state index contributed by atoms with van der Waals surface area (Å²) < 4.78 is 30.2. The molecule has 4 nitrogen and oxygen atoms in total. The number of alkyl halides is 3. The van der Waals surface area contributed by atoms with Crippen LogP contribution in [0.3, 0.4) is 0 Å². The second kappa shape index (κ2) is 5.77. The molecule has 0 aliphatic carbocycles. The zero-order valence-corrected chi connectivity index (χ0v) is 9.67. The summed E-state index contributed by atoms with van der Waals surface area (Å²) >= 11 is 5.51. The van der Waals surface area contributed by atoms with Crippen molar-refractivity contribution in [1.29, 1.82) is 0 Å². The molecule has 0 amide bonds. The Morgan fingerprint density at radius 3 is 2.76 bits per heavy atom. The topological polar surface area (TPSA) is 59.4 Å². The van der Waals surface area contributed by atoms with Crippen LogP contribution in [0.1, 0.15) is 35.0 Å². The minimum absolute atomic E-state index is 0.0267. The number of aromatic hydroxyl groups is 1. The number of hydrogen-bond donors (Lipinski definition) is 1. The Hall–Kier alpha value is -1.43. The van der Waals surface area contributed by atoms with E-state index in [1.54, 1.807) is 0 Å². The molecule has 0 aromatic carbocycles. The van der Waals surface area contributed by atoms with Crippen molar-refractivity contribution in [2.75, 3.05) is 6.61 Å². The Labute approximate surface area is 101 Å². The van der Waals surface area contributed by atoms with E-state index in [-0.39, 0.29) is 18.2 Å². The van der Waals surface area contributed by atoms with Crippen molar-refractivity contribution < 1.29 is 23.4 Å². The van der Waals surface area contributed by atoms with Gasteiger partial charge in [-0.05, 0) is 6.92 Å². The SMILES string of the molecule is CCOC(=O)c1c(CCl)ncc(O)c1C(F)F. The van der Waals surface area contributed by atoms with Crippen LogP contribution in [0.4, 0.5) is 8.78 Å². The molecule has 0 atom stereocenters. The summed E-state index contributed by atoms with van der Waals surface area (Å²) in [7, 11) is 0. The monoisotopic (exact) mass is 265 g/mol. The van der Waals surface area contributed by atoms with E-state index in [4.69, 9.17) is 11.6 Å². The largest absolute Gasteiger partial charge is 0.506 e. The molecule has 0 saturated carbocycles. The summed E-state index contributed by atoms with van der Waals surface area (Å²) in [6.45, 7) is 1.56. The van der Waals surface area contributed by atoms with E-state index in [1.807, 2.05) is 0 Å². The Bertz CT molecular complexity index is 426. The number of rotatable bonds is 4. The summed E-state index contributed by atoms with van der Waals surface area (Å²) in [6, 6.07) is 0. The van der Waals surface area contributed by atoms with Crippen LogP contribution in [-0.4, -0.2) is 22.7 Å². The molecule has 0 aliphatic heterocycles. The molecule has 17 heavy (non-hydrogen) atoms. The fourth-order valence-electron chi connectivity index (χ4n) is 1.31.